The van der Waals surface area contributed by atoms with E-state index in [0.717, 1.165) is 17.5 Å². The second-order valence-corrected chi connectivity index (χ2v) is 5.87. The van der Waals surface area contributed by atoms with Crippen molar-refractivity contribution in [1.29, 1.82) is 0 Å². The molecule has 0 spiro atoms. The van der Waals surface area contributed by atoms with Crippen molar-refractivity contribution in [2.45, 2.75) is 44.6 Å². The number of primary amides is 1. The van der Waals surface area contributed by atoms with E-state index in [-0.39, 0.29) is 5.91 Å². The third kappa shape index (κ3) is 3.91. The van der Waals surface area contributed by atoms with Crippen LogP contribution in [0.2, 0.25) is 0 Å². The van der Waals surface area contributed by atoms with Gasteiger partial charge in [-0.25, -0.2) is 0 Å². The zero-order valence-corrected chi connectivity index (χ0v) is 11.0. The molecule has 0 aromatic carbocycles. The highest BCUT2D eigenvalue weighted by atomic mass is 32.2. The summed E-state index contributed by atoms with van der Waals surface area (Å²) in [5.74, 6) is 1.80. The Morgan fingerprint density at radius 3 is 3.12 bits per heavy atom. The highest BCUT2D eigenvalue weighted by Gasteiger charge is 2.29. The summed E-state index contributed by atoms with van der Waals surface area (Å²) in [7, 11) is 0. The van der Waals surface area contributed by atoms with Crippen molar-refractivity contribution in [1.82, 2.24) is 5.32 Å². The highest BCUT2D eigenvalue weighted by Crippen LogP contribution is 2.31. The van der Waals surface area contributed by atoms with Crippen LogP contribution in [0.25, 0.3) is 0 Å². The van der Waals surface area contributed by atoms with Crippen LogP contribution in [-0.4, -0.2) is 29.4 Å². The molecule has 2 unspecified atom stereocenters. The predicted molar refractivity (Wildman–Crippen MR) is 72.1 cm³/mol. The number of nitrogens with one attached hydrogen (secondary N) is 1. The van der Waals surface area contributed by atoms with Gasteiger partial charge >= 0.3 is 0 Å². The second-order valence-electron chi connectivity index (χ2n) is 4.86. The molecule has 1 saturated heterocycles. The van der Waals surface area contributed by atoms with Crippen LogP contribution < -0.4 is 11.1 Å². The van der Waals surface area contributed by atoms with E-state index < -0.39 is 0 Å². The van der Waals surface area contributed by atoms with E-state index in [4.69, 9.17) is 5.73 Å². The van der Waals surface area contributed by atoms with E-state index in [0.29, 0.717) is 19.0 Å². The summed E-state index contributed by atoms with van der Waals surface area (Å²) in [5.41, 5.74) is 5.09. The zero-order valence-electron chi connectivity index (χ0n) is 10.2. The van der Waals surface area contributed by atoms with Gasteiger partial charge in [0.2, 0.25) is 5.91 Å². The standard InChI is InChI=1S/C12H21N3OS/c13-11(16)6-3-7-14-12-15-10-5-2-1-4-9(10)8-17-12/h9-10H,1-8H2,(H2,13,16)(H,14,15). The molecular formula is C12H21N3OS. The number of hydrogen-bond acceptors (Lipinski definition) is 3. The molecule has 5 heteroatoms. The molecule has 2 aliphatic rings. The number of carbonyl (C=O) groups is 1. The number of thioether (sulfide) groups is 1. The minimum atomic E-state index is -0.234. The highest BCUT2D eigenvalue weighted by molar-refractivity contribution is 8.13. The molecule has 0 radical (unpaired) electrons. The summed E-state index contributed by atoms with van der Waals surface area (Å²) in [6.45, 7) is 0.704. The molecule has 4 nitrogen and oxygen atoms in total. The van der Waals surface area contributed by atoms with Crippen LogP contribution in [0.1, 0.15) is 38.5 Å². The Kier molecular flexibility index (Phi) is 4.71. The maximum Gasteiger partial charge on any atom is 0.217 e. The third-order valence-corrected chi connectivity index (χ3v) is 4.60. The topological polar surface area (TPSA) is 67.5 Å². The molecule has 1 aliphatic carbocycles. The Labute approximate surface area is 107 Å². The van der Waals surface area contributed by atoms with Crippen LogP contribution in [0.5, 0.6) is 0 Å². The SMILES string of the molecule is NC(=O)CCCN=C1NC2CCCCC2CS1. The van der Waals surface area contributed by atoms with E-state index in [1.165, 1.54) is 31.4 Å². The van der Waals surface area contributed by atoms with Crippen LogP contribution in [0, 0.1) is 5.92 Å². The monoisotopic (exact) mass is 255 g/mol. The zero-order chi connectivity index (χ0) is 12.1. The van der Waals surface area contributed by atoms with Crippen molar-refractivity contribution < 1.29 is 4.79 Å². The average molecular weight is 255 g/mol. The minimum Gasteiger partial charge on any atom is -0.370 e. The largest absolute Gasteiger partial charge is 0.370 e. The molecule has 1 aliphatic heterocycles. The molecule has 1 saturated carbocycles. The van der Waals surface area contributed by atoms with Crippen molar-refractivity contribution in [3.05, 3.63) is 0 Å². The van der Waals surface area contributed by atoms with Crippen molar-refractivity contribution in [3.63, 3.8) is 0 Å². The number of hydrogen-bond donors (Lipinski definition) is 2. The maximum atomic E-state index is 10.6. The van der Waals surface area contributed by atoms with Crippen LogP contribution in [0.15, 0.2) is 4.99 Å². The first kappa shape index (κ1) is 12.7. The lowest BCUT2D eigenvalue weighted by Crippen LogP contribution is -2.46. The summed E-state index contributed by atoms with van der Waals surface area (Å²) in [4.78, 5) is 15.1. The summed E-state index contributed by atoms with van der Waals surface area (Å²) >= 11 is 1.83. The van der Waals surface area contributed by atoms with Gasteiger partial charge in [0.1, 0.15) is 0 Å². The average Bonchev–Trinajstić information content (AvgIpc) is 2.34. The normalized spacial score (nSPS) is 30.7. The maximum absolute atomic E-state index is 10.6. The van der Waals surface area contributed by atoms with E-state index in [9.17, 15) is 4.79 Å². The van der Waals surface area contributed by atoms with Crippen molar-refractivity contribution in [3.8, 4) is 0 Å². The Balaban J connectivity index is 1.74. The molecule has 2 rings (SSSR count). The van der Waals surface area contributed by atoms with Gasteiger partial charge in [-0.3, -0.25) is 9.79 Å². The van der Waals surface area contributed by atoms with Gasteiger partial charge < -0.3 is 11.1 Å². The smallest absolute Gasteiger partial charge is 0.217 e. The lowest BCUT2D eigenvalue weighted by Gasteiger charge is -2.36. The van der Waals surface area contributed by atoms with Crippen molar-refractivity contribution >= 4 is 22.8 Å². The number of nitrogens with two attached hydrogens (primary N) is 1. The number of carbonyl (C=O) groups excluding carboxylic acids is 1. The second kappa shape index (κ2) is 6.28. The van der Waals surface area contributed by atoms with E-state index in [2.05, 4.69) is 10.3 Å². The molecular weight excluding hydrogens is 234 g/mol. The molecule has 3 N–H and O–H groups in total. The fourth-order valence-electron chi connectivity index (χ4n) is 2.51. The summed E-state index contributed by atoms with van der Waals surface area (Å²) in [6, 6.07) is 0.639. The summed E-state index contributed by atoms with van der Waals surface area (Å²) in [6.07, 6.45) is 6.57. The number of rotatable bonds is 4. The molecule has 1 heterocycles. The van der Waals surface area contributed by atoms with Crippen molar-refractivity contribution in [2.75, 3.05) is 12.3 Å². The number of amides is 1. The minimum absolute atomic E-state index is 0.234. The summed E-state index contributed by atoms with van der Waals surface area (Å²) < 4.78 is 0. The Bertz CT molecular complexity index is 306. The van der Waals surface area contributed by atoms with Crippen LogP contribution in [0.3, 0.4) is 0 Å². The molecule has 0 aromatic heterocycles. The van der Waals surface area contributed by atoms with Crippen LogP contribution >= 0.6 is 11.8 Å². The third-order valence-electron chi connectivity index (χ3n) is 3.49. The molecule has 96 valence electrons. The van der Waals surface area contributed by atoms with Gasteiger partial charge in [-0.15, -0.1) is 0 Å². The number of amidine groups is 1. The predicted octanol–water partition coefficient (Wildman–Crippen LogP) is 1.50. The Morgan fingerprint density at radius 2 is 2.29 bits per heavy atom. The molecule has 0 aromatic rings. The van der Waals surface area contributed by atoms with Crippen LogP contribution in [0.4, 0.5) is 0 Å². The number of aliphatic imine (C=N–C) groups is 1. The summed E-state index contributed by atoms with van der Waals surface area (Å²) in [5, 5.41) is 4.61. The molecule has 1 amide bonds. The Morgan fingerprint density at radius 1 is 1.47 bits per heavy atom. The first-order chi connectivity index (χ1) is 8.25. The fraction of sp³-hybridized carbons (Fsp3) is 0.833. The molecule has 2 atom stereocenters. The van der Waals surface area contributed by atoms with E-state index in [1.807, 2.05) is 11.8 Å². The van der Waals surface area contributed by atoms with Crippen LogP contribution in [-0.2, 0) is 4.79 Å². The number of fused-ring (bicyclic) bond motifs is 1. The van der Waals surface area contributed by atoms with Gasteiger partial charge in [0, 0.05) is 24.8 Å². The van der Waals surface area contributed by atoms with Gasteiger partial charge in [-0.1, -0.05) is 24.6 Å². The fourth-order valence-corrected chi connectivity index (χ4v) is 3.70. The van der Waals surface area contributed by atoms with Gasteiger partial charge in [-0.2, -0.15) is 0 Å². The van der Waals surface area contributed by atoms with E-state index in [1.54, 1.807) is 0 Å². The molecule has 17 heavy (non-hydrogen) atoms. The van der Waals surface area contributed by atoms with Gasteiger partial charge in [0.05, 0.1) is 0 Å². The van der Waals surface area contributed by atoms with Gasteiger partial charge in [-0.05, 0) is 25.2 Å². The van der Waals surface area contributed by atoms with Gasteiger partial charge in [0.25, 0.3) is 0 Å². The van der Waals surface area contributed by atoms with Gasteiger partial charge in [0.15, 0.2) is 5.17 Å². The first-order valence-corrected chi connectivity index (χ1v) is 7.46. The van der Waals surface area contributed by atoms with E-state index >= 15 is 0 Å². The molecule has 0 bridgehead atoms. The quantitative estimate of drug-likeness (QED) is 0.748. The van der Waals surface area contributed by atoms with Crippen molar-refractivity contribution in [2.24, 2.45) is 16.6 Å². The lowest BCUT2D eigenvalue weighted by molar-refractivity contribution is -0.118. The number of nitrogens with zero attached hydrogens (tertiary/aromatic N) is 1. The Hall–Kier alpha value is -0.710. The lowest BCUT2D eigenvalue weighted by atomic mass is 9.86. The first-order valence-electron chi connectivity index (χ1n) is 6.48. The molecule has 2 fully saturated rings.